The number of amides is 1. The van der Waals surface area contributed by atoms with Crippen LogP contribution in [0.1, 0.15) is 30.6 Å². The zero-order valence-corrected chi connectivity index (χ0v) is 10.4. The maximum absolute atomic E-state index is 12.3. The minimum atomic E-state index is 0.00866. The van der Waals surface area contributed by atoms with Crippen molar-refractivity contribution in [2.24, 2.45) is 11.8 Å². The van der Waals surface area contributed by atoms with E-state index in [-0.39, 0.29) is 5.91 Å². The van der Waals surface area contributed by atoms with Crippen molar-refractivity contribution in [1.29, 1.82) is 0 Å². The first-order valence-corrected chi connectivity index (χ1v) is 6.08. The molecular weight excluding hydrogens is 214 g/mol. The summed E-state index contributed by atoms with van der Waals surface area (Å²) >= 11 is 0. The van der Waals surface area contributed by atoms with Gasteiger partial charge in [-0.3, -0.25) is 9.78 Å². The maximum atomic E-state index is 12.3. The van der Waals surface area contributed by atoms with Crippen LogP contribution in [0.15, 0.2) is 18.5 Å². The van der Waals surface area contributed by atoms with Gasteiger partial charge in [0.15, 0.2) is 0 Å². The first kappa shape index (κ1) is 11.9. The highest BCUT2D eigenvalue weighted by molar-refractivity contribution is 5.98. The Kier molecular flexibility index (Phi) is 3.31. The van der Waals surface area contributed by atoms with Gasteiger partial charge in [-0.2, -0.15) is 0 Å². The Morgan fingerprint density at radius 2 is 2.24 bits per heavy atom. The molecule has 0 aromatic carbocycles. The Hall–Kier alpha value is -1.58. The molecule has 1 aliphatic rings. The number of piperidine rings is 1. The maximum Gasteiger partial charge on any atom is 0.257 e. The summed E-state index contributed by atoms with van der Waals surface area (Å²) in [5, 5.41) is 0. The lowest BCUT2D eigenvalue weighted by molar-refractivity contribution is 0.0628. The molecule has 92 valence electrons. The van der Waals surface area contributed by atoms with E-state index in [0.29, 0.717) is 23.1 Å². The number of nitrogens with two attached hydrogens (primary N) is 1. The van der Waals surface area contributed by atoms with Crippen molar-refractivity contribution in [2.75, 3.05) is 18.8 Å². The van der Waals surface area contributed by atoms with Gasteiger partial charge >= 0.3 is 0 Å². The normalized spacial score (nSPS) is 24.7. The molecule has 2 heterocycles. The van der Waals surface area contributed by atoms with Gasteiger partial charge in [-0.05, 0) is 24.3 Å². The lowest BCUT2D eigenvalue weighted by Crippen LogP contribution is -2.42. The summed E-state index contributed by atoms with van der Waals surface area (Å²) in [6.07, 6.45) is 4.22. The third-order valence-electron chi connectivity index (χ3n) is 3.71. The van der Waals surface area contributed by atoms with Gasteiger partial charge in [0, 0.05) is 31.2 Å². The second-order valence-electron chi connectivity index (χ2n) is 4.96. The quantitative estimate of drug-likeness (QED) is 0.804. The van der Waals surface area contributed by atoms with Crippen molar-refractivity contribution >= 4 is 11.6 Å². The van der Waals surface area contributed by atoms with Gasteiger partial charge in [-0.1, -0.05) is 13.8 Å². The molecule has 4 nitrogen and oxygen atoms in total. The van der Waals surface area contributed by atoms with Gasteiger partial charge in [0.2, 0.25) is 0 Å². The molecule has 1 aromatic heterocycles. The third kappa shape index (κ3) is 2.40. The summed E-state index contributed by atoms with van der Waals surface area (Å²) in [4.78, 5) is 18.1. The first-order valence-electron chi connectivity index (χ1n) is 6.08. The van der Waals surface area contributed by atoms with Gasteiger partial charge in [-0.15, -0.1) is 0 Å². The highest BCUT2D eigenvalue weighted by atomic mass is 16.2. The van der Waals surface area contributed by atoms with Crippen LogP contribution >= 0.6 is 0 Å². The Morgan fingerprint density at radius 3 is 2.88 bits per heavy atom. The molecule has 1 saturated heterocycles. The minimum Gasteiger partial charge on any atom is -0.398 e. The van der Waals surface area contributed by atoms with Gasteiger partial charge in [0.1, 0.15) is 0 Å². The number of rotatable bonds is 1. The summed E-state index contributed by atoms with van der Waals surface area (Å²) in [5.41, 5.74) is 6.84. The number of likely N-dealkylation sites (tertiary alicyclic amines) is 1. The molecule has 1 fully saturated rings. The molecule has 1 aliphatic heterocycles. The van der Waals surface area contributed by atoms with E-state index >= 15 is 0 Å². The number of aromatic nitrogens is 1. The Bertz CT molecular complexity index is 419. The smallest absolute Gasteiger partial charge is 0.257 e. The summed E-state index contributed by atoms with van der Waals surface area (Å²) < 4.78 is 0. The fraction of sp³-hybridized carbons (Fsp3) is 0.538. The second kappa shape index (κ2) is 4.73. The van der Waals surface area contributed by atoms with E-state index in [1.165, 1.54) is 0 Å². The molecule has 2 unspecified atom stereocenters. The average molecular weight is 233 g/mol. The molecular formula is C13H19N3O. The van der Waals surface area contributed by atoms with Crippen LogP contribution in [0.3, 0.4) is 0 Å². The van der Waals surface area contributed by atoms with Crippen molar-refractivity contribution in [2.45, 2.75) is 20.3 Å². The number of hydrogen-bond acceptors (Lipinski definition) is 3. The number of hydrogen-bond donors (Lipinski definition) is 1. The molecule has 1 amide bonds. The number of carbonyl (C=O) groups excluding carboxylic acids is 1. The molecule has 2 N–H and O–H groups in total. The summed E-state index contributed by atoms with van der Waals surface area (Å²) in [6.45, 7) is 6.06. The summed E-state index contributed by atoms with van der Waals surface area (Å²) in [6, 6.07) is 1.67. The predicted octanol–water partition coefficient (Wildman–Crippen LogP) is 1.78. The Labute approximate surface area is 102 Å². The molecule has 17 heavy (non-hydrogen) atoms. The second-order valence-corrected chi connectivity index (χ2v) is 4.96. The minimum absolute atomic E-state index is 0.00866. The topological polar surface area (TPSA) is 59.2 Å². The van der Waals surface area contributed by atoms with Gasteiger partial charge in [0.25, 0.3) is 5.91 Å². The summed E-state index contributed by atoms with van der Waals surface area (Å²) in [5.74, 6) is 1.24. The molecule has 2 rings (SSSR count). The third-order valence-corrected chi connectivity index (χ3v) is 3.71. The molecule has 2 atom stereocenters. The highest BCUT2D eigenvalue weighted by Crippen LogP contribution is 2.24. The molecule has 0 spiro atoms. The number of nitrogens with zero attached hydrogens (tertiary/aromatic N) is 2. The van der Waals surface area contributed by atoms with Gasteiger partial charge in [-0.25, -0.2) is 0 Å². The Balaban J connectivity index is 2.14. The molecule has 0 bridgehead atoms. The van der Waals surface area contributed by atoms with Crippen molar-refractivity contribution in [3.05, 3.63) is 24.0 Å². The molecule has 4 heteroatoms. The van der Waals surface area contributed by atoms with Crippen LogP contribution in [0.2, 0.25) is 0 Å². The van der Waals surface area contributed by atoms with Crippen LogP contribution in [0.5, 0.6) is 0 Å². The van der Waals surface area contributed by atoms with Gasteiger partial charge < -0.3 is 10.6 Å². The predicted molar refractivity (Wildman–Crippen MR) is 67.5 cm³/mol. The lowest BCUT2D eigenvalue weighted by atomic mass is 9.88. The van der Waals surface area contributed by atoms with Crippen molar-refractivity contribution in [3.63, 3.8) is 0 Å². The van der Waals surface area contributed by atoms with Crippen molar-refractivity contribution in [1.82, 2.24) is 9.88 Å². The van der Waals surface area contributed by atoms with Crippen molar-refractivity contribution < 1.29 is 4.79 Å². The molecule has 0 radical (unpaired) electrons. The van der Waals surface area contributed by atoms with Crippen LogP contribution in [0.4, 0.5) is 5.69 Å². The Morgan fingerprint density at radius 1 is 1.47 bits per heavy atom. The van der Waals surface area contributed by atoms with Crippen LogP contribution in [0, 0.1) is 11.8 Å². The molecule has 0 aliphatic carbocycles. The van der Waals surface area contributed by atoms with Crippen molar-refractivity contribution in [3.8, 4) is 0 Å². The SMILES string of the molecule is CC1CCN(C(=O)c2cnccc2N)CC1C. The van der Waals surface area contributed by atoms with Crippen LogP contribution in [-0.2, 0) is 0 Å². The zero-order chi connectivity index (χ0) is 12.4. The van der Waals surface area contributed by atoms with Crippen LogP contribution in [-0.4, -0.2) is 28.9 Å². The van der Waals surface area contributed by atoms with E-state index in [1.54, 1.807) is 18.5 Å². The van der Waals surface area contributed by atoms with Gasteiger partial charge in [0.05, 0.1) is 5.56 Å². The first-order chi connectivity index (χ1) is 8.09. The van der Waals surface area contributed by atoms with Crippen LogP contribution in [0.25, 0.3) is 0 Å². The van der Waals surface area contributed by atoms with Crippen LogP contribution < -0.4 is 5.73 Å². The largest absolute Gasteiger partial charge is 0.398 e. The van der Waals surface area contributed by atoms with E-state index in [4.69, 9.17) is 5.73 Å². The standard InChI is InChI=1S/C13H19N3O/c1-9-4-6-16(8-10(9)2)13(17)11-7-15-5-3-12(11)14/h3,5,7,9-10H,4,6,8H2,1-2H3,(H2,14,15). The van der Waals surface area contributed by atoms with E-state index in [9.17, 15) is 4.79 Å². The lowest BCUT2D eigenvalue weighted by Gasteiger charge is -2.35. The number of pyridine rings is 1. The number of carbonyl (C=O) groups is 1. The monoisotopic (exact) mass is 233 g/mol. The molecule has 1 aromatic rings. The van der Waals surface area contributed by atoms with E-state index in [1.807, 2.05) is 4.90 Å². The highest BCUT2D eigenvalue weighted by Gasteiger charge is 2.27. The van der Waals surface area contributed by atoms with E-state index in [0.717, 1.165) is 19.5 Å². The van der Waals surface area contributed by atoms with E-state index in [2.05, 4.69) is 18.8 Å². The van der Waals surface area contributed by atoms with E-state index < -0.39 is 0 Å². The summed E-state index contributed by atoms with van der Waals surface area (Å²) in [7, 11) is 0. The zero-order valence-electron chi connectivity index (χ0n) is 10.4. The fourth-order valence-electron chi connectivity index (χ4n) is 2.20. The average Bonchev–Trinajstić information content (AvgIpc) is 2.32. The molecule has 0 saturated carbocycles. The number of nitrogen functional groups attached to an aromatic ring is 1. The number of anilines is 1. The fourth-order valence-corrected chi connectivity index (χ4v) is 2.20.